The van der Waals surface area contributed by atoms with Crippen molar-refractivity contribution in [1.29, 1.82) is 0 Å². The van der Waals surface area contributed by atoms with Gasteiger partial charge in [0.05, 0.1) is 22.8 Å². The molecule has 1 saturated heterocycles. The summed E-state index contributed by atoms with van der Waals surface area (Å²) in [6, 6.07) is 19.3. The van der Waals surface area contributed by atoms with Crippen molar-refractivity contribution < 1.29 is 19.0 Å². The highest BCUT2D eigenvalue weighted by Crippen LogP contribution is 2.36. The molecule has 2 aromatic carbocycles. The van der Waals surface area contributed by atoms with E-state index >= 15 is 0 Å². The van der Waals surface area contributed by atoms with Crippen LogP contribution in [0.15, 0.2) is 60.7 Å². The molecule has 0 amide bonds. The molecule has 6 heteroatoms. The van der Waals surface area contributed by atoms with E-state index < -0.39 is 11.0 Å². The zero-order chi connectivity index (χ0) is 21.6. The standard InChI is InChI=1S/C24H28O4S2/c1-4-24(16-27-23(2,3)28-17-24)15-26-21(25)20(18-11-7-5-8-12-18)30-22(29)19-13-9-6-10-14-19/h5-14,20H,4,15-17H2,1-3H3. The van der Waals surface area contributed by atoms with Gasteiger partial charge in [0, 0.05) is 0 Å². The molecule has 0 aliphatic carbocycles. The second kappa shape index (κ2) is 10.1. The van der Waals surface area contributed by atoms with E-state index in [1.54, 1.807) is 0 Å². The summed E-state index contributed by atoms with van der Waals surface area (Å²) in [7, 11) is 0. The minimum atomic E-state index is -0.604. The predicted molar refractivity (Wildman–Crippen MR) is 125 cm³/mol. The van der Waals surface area contributed by atoms with E-state index in [-0.39, 0.29) is 18.0 Å². The molecule has 30 heavy (non-hydrogen) atoms. The number of carbonyl (C=O) groups excluding carboxylic acids is 1. The van der Waals surface area contributed by atoms with Gasteiger partial charge in [-0.15, -0.1) is 0 Å². The van der Waals surface area contributed by atoms with E-state index in [9.17, 15) is 4.79 Å². The fraction of sp³-hybridized carbons (Fsp3) is 0.417. The van der Waals surface area contributed by atoms with Gasteiger partial charge in [-0.2, -0.15) is 0 Å². The van der Waals surface area contributed by atoms with Gasteiger partial charge in [0.15, 0.2) is 5.79 Å². The molecule has 3 rings (SSSR count). The van der Waals surface area contributed by atoms with Crippen molar-refractivity contribution in [3.63, 3.8) is 0 Å². The van der Waals surface area contributed by atoms with Crippen LogP contribution in [0.25, 0.3) is 0 Å². The molecule has 0 aromatic heterocycles. The number of hydrogen-bond donors (Lipinski definition) is 0. The predicted octanol–water partition coefficient (Wildman–Crippen LogP) is 5.56. The summed E-state index contributed by atoms with van der Waals surface area (Å²) in [5, 5.41) is -0.533. The van der Waals surface area contributed by atoms with Crippen molar-refractivity contribution in [2.45, 2.75) is 38.2 Å². The van der Waals surface area contributed by atoms with E-state index in [0.29, 0.717) is 17.4 Å². The van der Waals surface area contributed by atoms with Gasteiger partial charge in [-0.25, -0.2) is 0 Å². The van der Waals surface area contributed by atoms with Crippen molar-refractivity contribution in [2.24, 2.45) is 5.41 Å². The van der Waals surface area contributed by atoms with Crippen molar-refractivity contribution in [3.05, 3.63) is 71.8 Å². The molecule has 1 heterocycles. The zero-order valence-corrected chi connectivity index (χ0v) is 19.3. The van der Waals surface area contributed by atoms with Gasteiger partial charge in [-0.1, -0.05) is 91.6 Å². The Kier molecular flexibility index (Phi) is 7.69. The monoisotopic (exact) mass is 444 g/mol. The lowest BCUT2D eigenvalue weighted by Crippen LogP contribution is -2.49. The molecule has 160 valence electrons. The molecule has 1 atom stereocenters. The number of carbonyl (C=O) groups is 1. The quantitative estimate of drug-likeness (QED) is 0.412. The Morgan fingerprint density at radius 1 is 1.07 bits per heavy atom. The molecular weight excluding hydrogens is 416 g/mol. The number of hydrogen-bond acceptors (Lipinski definition) is 6. The Labute approximate surface area is 188 Å². The first-order chi connectivity index (χ1) is 14.3. The molecule has 1 aliphatic rings. The molecule has 0 bridgehead atoms. The van der Waals surface area contributed by atoms with Gasteiger partial charge >= 0.3 is 5.97 Å². The van der Waals surface area contributed by atoms with Crippen molar-refractivity contribution >= 4 is 34.1 Å². The number of rotatable bonds is 7. The first-order valence-electron chi connectivity index (χ1n) is 10.1. The van der Waals surface area contributed by atoms with Crippen LogP contribution in [0.1, 0.15) is 43.6 Å². The van der Waals surface area contributed by atoms with Crippen LogP contribution in [0, 0.1) is 5.41 Å². The summed E-state index contributed by atoms with van der Waals surface area (Å²) in [6.45, 7) is 7.09. The fourth-order valence-electron chi connectivity index (χ4n) is 3.06. The van der Waals surface area contributed by atoms with Gasteiger partial charge in [0.2, 0.25) is 0 Å². The highest BCUT2D eigenvalue weighted by atomic mass is 32.2. The summed E-state index contributed by atoms with van der Waals surface area (Å²) < 4.78 is 18.1. The van der Waals surface area contributed by atoms with Crippen LogP contribution in [0.3, 0.4) is 0 Å². The van der Waals surface area contributed by atoms with Crippen LogP contribution in [0.2, 0.25) is 0 Å². The lowest BCUT2D eigenvalue weighted by molar-refractivity contribution is -0.291. The Hall–Kier alpha value is -1.73. The maximum atomic E-state index is 13.2. The summed E-state index contributed by atoms with van der Waals surface area (Å²) in [4.78, 5) is 13.2. The van der Waals surface area contributed by atoms with Gasteiger partial charge in [0.25, 0.3) is 0 Å². The van der Waals surface area contributed by atoms with Crippen LogP contribution in [-0.2, 0) is 19.0 Å². The average molecular weight is 445 g/mol. The summed E-state index contributed by atoms with van der Waals surface area (Å²) in [6.07, 6.45) is 0.794. The Balaban J connectivity index is 1.72. The third kappa shape index (κ3) is 5.91. The van der Waals surface area contributed by atoms with E-state index in [1.807, 2.05) is 74.5 Å². The second-order valence-electron chi connectivity index (χ2n) is 8.00. The molecule has 0 spiro atoms. The van der Waals surface area contributed by atoms with Gasteiger partial charge in [-0.05, 0) is 31.4 Å². The smallest absolute Gasteiger partial charge is 0.324 e. The van der Waals surface area contributed by atoms with Crippen LogP contribution in [0.4, 0.5) is 0 Å². The first kappa shape index (κ1) is 22.9. The maximum Gasteiger partial charge on any atom is 0.324 e. The van der Waals surface area contributed by atoms with Crippen LogP contribution in [0.5, 0.6) is 0 Å². The largest absolute Gasteiger partial charge is 0.464 e. The van der Waals surface area contributed by atoms with E-state index in [4.69, 9.17) is 26.4 Å². The van der Waals surface area contributed by atoms with Crippen molar-refractivity contribution in [2.75, 3.05) is 19.8 Å². The molecule has 2 aromatic rings. The number of benzene rings is 2. The van der Waals surface area contributed by atoms with E-state index in [2.05, 4.69) is 6.92 Å². The highest BCUT2D eigenvalue weighted by molar-refractivity contribution is 8.24. The molecule has 0 radical (unpaired) electrons. The topological polar surface area (TPSA) is 44.8 Å². The number of esters is 1. The summed E-state index contributed by atoms with van der Waals surface area (Å²) in [5.74, 6) is -0.908. The lowest BCUT2D eigenvalue weighted by Gasteiger charge is -2.42. The van der Waals surface area contributed by atoms with Crippen LogP contribution in [-0.4, -0.2) is 35.8 Å². The summed E-state index contributed by atoms with van der Waals surface area (Å²) in [5.41, 5.74) is 1.46. The van der Waals surface area contributed by atoms with Crippen molar-refractivity contribution in [1.82, 2.24) is 0 Å². The second-order valence-corrected chi connectivity index (χ2v) is 9.78. The summed E-state index contributed by atoms with van der Waals surface area (Å²) >= 11 is 6.96. The Morgan fingerprint density at radius 3 is 2.20 bits per heavy atom. The highest BCUT2D eigenvalue weighted by Gasteiger charge is 2.40. The van der Waals surface area contributed by atoms with Gasteiger partial charge < -0.3 is 14.2 Å². The van der Waals surface area contributed by atoms with Crippen LogP contribution >= 0.6 is 24.0 Å². The van der Waals surface area contributed by atoms with Gasteiger partial charge in [0.1, 0.15) is 11.9 Å². The number of ether oxygens (including phenoxy) is 3. The third-order valence-electron chi connectivity index (χ3n) is 5.27. The molecule has 4 nitrogen and oxygen atoms in total. The first-order valence-corrected chi connectivity index (χ1v) is 11.4. The van der Waals surface area contributed by atoms with Crippen LogP contribution < -0.4 is 0 Å². The third-order valence-corrected chi connectivity index (χ3v) is 6.95. The fourth-order valence-corrected chi connectivity index (χ4v) is 4.42. The minimum Gasteiger partial charge on any atom is -0.464 e. The van der Waals surface area contributed by atoms with E-state index in [0.717, 1.165) is 17.5 Å². The Bertz CT molecular complexity index is 842. The van der Waals surface area contributed by atoms with Gasteiger partial charge in [-0.3, -0.25) is 4.79 Å². The molecule has 0 saturated carbocycles. The number of thiocarbonyl (C=S) groups is 1. The molecular formula is C24H28O4S2. The SMILES string of the molecule is CCC1(COC(=O)C(SC(=S)c2ccccc2)c2ccccc2)COC(C)(C)OC1. The lowest BCUT2D eigenvalue weighted by atomic mass is 9.87. The molecule has 1 fully saturated rings. The zero-order valence-electron chi connectivity index (χ0n) is 17.6. The average Bonchev–Trinajstić information content (AvgIpc) is 2.78. The molecule has 1 unspecified atom stereocenters. The Morgan fingerprint density at radius 2 is 1.63 bits per heavy atom. The minimum absolute atomic E-state index is 0.250. The van der Waals surface area contributed by atoms with E-state index in [1.165, 1.54) is 11.8 Å². The molecule has 1 aliphatic heterocycles. The normalized spacial score (nSPS) is 18.4. The molecule has 0 N–H and O–H groups in total. The van der Waals surface area contributed by atoms with Crippen molar-refractivity contribution in [3.8, 4) is 0 Å². The maximum absolute atomic E-state index is 13.2. The number of thioether (sulfide) groups is 1.